The second kappa shape index (κ2) is 5.90. The first-order valence-corrected chi connectivity index (χ1v) is 6.63. The average Bonchev–Trinajstić information content (AvgIpc) is 2.84. The molecule has 7 nitrogen and oxygen atoms in total. The summed E-state index contributed by atoms with van der Waals surface area (Å²) in [4.78, 5) is 8.13. The van der Waals surface area contributed by atoms with Gasteiger partial charge in [-0.15, -0.1) is 0 Å². The number of aromatic nitrogens is 4. The lowest BCUT2D eigenvalue weighted by molar-refractivity contribution is 0.0356. The van der Waals surface area contributed by atoms with E-state index in [0.717, 1.165) is 5.56 Å². The molecule has 20 heavy (non-hydrogen) atoms. The van der Waals surface area contributed by atoms with Gasteiger partial charge in [-0.3, -0.25) is 0 Å². The molecule has 1 atom stereocenters. The van der Waals surface area contributed by atoms with Gasteiger partial charge in [-0.2, -0.15) is 19.6 Å². The van der Waals surface area contributed by atoms with Gasteiger partial charge in [0.15, 0.2) is 0 Å². The van der Waals surface area contributed by atoms with Crippen LogP contribution in [-0.4, -0.2) is 50.6 Å². The molecule has 0 aliphatic carbocycles. The monoisotopic (exact) mass is 299 g/mol. The van der Waals surface area contributed by atoms with E-state index in [1.54, 1.807) is 18.5 Å². The van der Waals surface area contributed by atoms with E-state index < -0.39 is 5.60 Å². The van der Waals surface area contributed by atoms with E-state index in [9.17, 15) is 5.11 Å². The minimum atomic E-state index is -0.898. The van der Waals surface area contributed by atoms with Crippen LogP contribution >= 0.6 is 11.6 Å². The Bertz CT molecular complexity index is 599. The van der Waals surface area contributed by atoms with Gasteiger partial charge < -0.3 is 15.2 Å². The van der Waals surface area contributed by atoms with E-state index >= 15 is 0 Å². The maximum Gasteiger partial charge on any atom is 0.255 e. The van der Waals surface area contributed by atoms with Gasteiger partial charge in [-0.05, 0) is 13.8 Å². The zero-order chi connectivity index (χ0) is 14.8. The number of methoxy groups -OCH3 is 1. The Labute approximate surface area is 121 Å². The van der Waals surface area contributed by atoms with Crippen molar-refractivity contribution in [3.63, 3.8) is 0 Å². The topological polar surface area (TPSA) is 84.6 Å². The number of ether oxygens (including phenoxy) is 1. The molecule has 2 aromatic rings. The molecule has 2 N–H and O–H groups in total. The number of aliphatic hydroxyl groups is 1. The Hall–Kier alpha value is -1.44. The highest BCUT2D eigenvalue weighted by Crippen LogP contribution is 2.23. The van der Waals surface area contributed by atoms with Crippen LogP contribution in [-0.2, 0) is 4.74 Å². The summed E-state index contributed by atoms with van der Waals surface area (Å²) in [6.07, 6.45) is 1.93. The Balaban J connectivity index is 2.21. The molecule has 0 aliphatic rings. The molecule has 1 unspecified atom stereocenters. The number of anilines is 1. The lowest BCUT2D eigenvalue weighted by Gasteiger charge is -2.24. The van der Waals surface area contributed by atoms with Crippen molar-refractivity contribution in [3.8, 4) is 0 Å². The number of hydrogen-bond donors (Lipinski definition) is 2. The molecule has 0 saturated heterocycles. The minimum Gasteiger partial charge on any atom is -0.388 e. The van der Waals surface area contributed by atoms with Gasteiger partial charge in [-0.1, -0.05) is 11.6 Å². The lowest BCUT2D eigenvalue weighted by Crippen LogP contribution is -2.35. The fraction of sp³-hybridized carbons (Fsp3) is 0.583. The van der Waals surface area contributed by atoms with Crippen LogP contribution in [0.3, 0.4) is 0 Å². The lowest BCUT2D eigenvalue weighted by atomic mass is 10.0. The van der Waals surface area contributed by atoms with E-state index in [2.05, 4.69) is 20.4 Å². The Morgan fingerprint density at radius 2 is 2.30 bits per heavy atom. The molecule has 8 heteroatoms. The van der Waals surface area contributed by atoms with Gasteiger partial charge in [0, 0.05) is 32.2 Å². The summed E-state index contributed by atoms with van der Waals surface area (Å²) >= 11 is 6.07. The van der Waals surface area contributed by atoms with Gasteiger partial charge in [0.05, 0.1) is 5.60 Å². The number of hydrogen-bond acceptors (Lipinski definition) is 6. The summed E-state index contributed by atoms with van der Waals surface area (Å²) in [5, 5.41) is 17.9. The molecule has 0 saturated carbocycles. The van der Waals surface area contributed by atoms with Crippen molar-refractivity contribution in [3.05, 3.63) is 17.0 Å². The molecular weight excluding hydrogens is 282 g/mol. The minimum absolute atomic E-state index is 0.340. The van der Waals surface area contributed by atoms with Crippen LogP contribution in [0.25, 0.3) is 5.78 Å². The van der Waals surface area contributed by atoms with E-state index in [1.165, 1.54) is 6.33 Å². The molecule has 2 heterocycles. The molecule has 0 aromatic carbocycles. The van der Waals surface area contributed by atoms with Crippen LogP contribution in [0.5, 0.6) is 0 Å². The van der Waals surface area contributed by atoms with Crippen LogP contribution in [0.1, 0.15) is 18.9 Å². The predicted octanol–water partition coefficient (Wildman–Crippen LogP) is 1.29. The van der Waals surface area contributed by atoms with Gasteiger partial charge in [0.25, 0.3) is 5.78 Å². The Morgan fingerprint density at radius 3 is 3.00 bits per heavy atom. The first-order chi connectivity index (χ1) is 9.44. The van der Waals surface area contributed by atoms with Crippen molar-refractivity contribution < 1.29 is 9.84 Å². The highest BCUT2D eigenvalue weighted by atomic mass is 35.5. The summed E-state index contributed by atoms with van der Waals surface area (Å²) in [6, 6.07) is 0. The second-order valence-electron chi connectivity index (χ2n) is 4.94. The maximum absolute atomic E-state index is 10.3. The molecule has 110 valence electrons. The average molecular weight is 300 g/mol. The molecule has 0 fully saturated rings. The van der Waals surface area contributed by atoms with Crippen LogP contribution in [0.15, 0.2) is 6.33 Å². The highest BCUT2D eigenvalue weighted by molar-refractivity contribution is 6.30. The summed E-state index contributed by atoms with van der Waals surface area (Å²) in [5.41, 5.74) is -0.141. The van der Waals surface area contributed by atoms with Crippen molar-refractivity contribution in [1.82, 2.24) is 19.6 Å². The van der Waals surface area contributed by atoms with E-state index in [-0.39, 0.29) is 0 Å². The first-order valence-electron chi connectivity index (χ1n) is 6.25. The molecule has 2 rings (SSSR count). The Kier molecular flexibility index (Phi) is 4.42. The molecule has 0 bridgehead atoms. The second-order valence-corrected chi connectivity index (χ2v) is 5.30. The SMILES string of the molecule is COCCC(C)(O)CNc1c(C)c(Cl)nc2ncnn12. The van der Waals surface area contributed by atoms with Crippen LogP contribution in [0.4, 0.5) is 5.82 Å². The number of nitrogens with zero attached hydrogens (tertiary/aromatic N) is 4. The van der Waals surface area contributed by atoms with E-state index in [1.807, 2.05) is 6.92 Å². The fourth-order valence-corrected chi connectivity index (χ4v) is 1.95. The van der Waals surface area contributed by atoms with Crippen molar-refractivity contribution >= 4 is 23.2 Å². The molecule has 0 amide bonds. The zero-order valence-electron chi connectivity index (χ0n) is 11.7. The van der Waals surface area contributed by atoms with Crippen LogP contribution < -0.4 is 5.32 Å². The van der Waals surface area contributed by atoms with Gasteiger partial charge >= 0.3 is 0 Å². The standard InChI is InChI=1S/C12H18ClN5O2/c1-8-9(13)17-11-15-7-16-18(11)10(8)14-6-12(2,19)4-5-20-3/h7,14,19H,4-6H2,1-3H3. The molecule has 2 aromatic heterocycles. The largest absolute Gasteiger partial charge is 0.388 e. The van der Waals surface area contributed by atoms with Crippen molar-refractivity contribution in [2.45, 2.75) is 25.9 Å². The maximum atomic E-state index is 10.3. The van der Waals surface area contributed by atoms with Gasteiger partial charge in [-0.25, -0.2) is 0 Å². The summed E-state index contributed by atoms with van der Waals surface area (Å²) in [7, 11) is 1.61. The number of nitrogens with one attached hydrogen (secondary N) is 1. The van der Waals surface area contributed by atoms with E-state index in [0.29, 0.717) is 36.3 Å². The highest BCUT2D eigenvalue weighted by Gasteiger charge is 2.21. The third-order valence-corrected chi connectivity index (χ3v) is 3.45. The zero-order valence-corrected chi connectivity index (χ0v) is 12.5. The normalized spacial score (nSPS) is 14.4. The summed E-state index contributed by atoms with van der Waals surface area (Å²) in [6.45, 7) is 4.41. The van der Waals surface area contributed by atoms with Crippen LogP contribution in [0, 0.1) is 6.92 Å². The third-order valence-electron chi connectivity index (χ3n) is 3.09. The summed E-state index contributed by atoms with van der Waals surface area (Å²) < 4.78 is 6.55. The molecule has 0 aliphatic heterocycles. The van der Waals surface area contributed by atoms with Crippen molar-refractivity contribution in [2.24, 2.45) is 0 Å². The quantitative estimate of drug-likeness (QED) is 0.782. The molecular formula is C12H18ClN5O2. The number of halogens is 1. The van der Waals surface area contributed by atoms with Crippen LogP contribution in [0.2, 0.25) is 5.15 Å². The first kappa shape index (κ1) is 15.0. The Morgan fingerprint density at radius 1 is 1.55 bits per heavy atom. The van der Waals surface area contributed by atoms with Gasteiger partial charge in [0.1, 0.15) is 17.3 Å². The molecule has 0 radical (unpaired) electrons. The number of rotatable bonds is 6. The molecule has 0 spiro atoms. The van der Waals surface area contributed by atoms with Crippen molar-refractivity contribution in [1.29, 1.82) is 0 Å². The number of fused-ring (bicyclic) bond motifs is 1. The smallest absolute Gasteiger partial charge is 0.255 e. The summed E-state index contributed by atoms with van der Waals surface area (Å²) in [5.74, 6) is 1.09. The third kappa shape index (κ3) is 3.17. The predicted molar refractivity (Wildman–Crippen MR) is 76.1 cm³/mol. The van der Waals surface area contributed by atoms with Gasteiger partial charge in [0.2, 0.25) is 0 Å². The van der Waals surface area contributed by atoms with E-state index in [4.69, 9.17) is 16.3 Å². The van der Waals surface area contributed by atoms with Crippen molar-refractivity contribution in [2.75, 3.05) is 25.6 Å². The fourth-order valence-electron chi connectivity index (χ4n) is 1.79.